The third-order valence-corrected chi connectivity index (χ3v) is 2.32. The van der Waals surface area contributed by atoms with Crippen LogP contribution in [0.4, 0.5) is 5.82 Å². The van der Waals surface area contributed by atoms with Crippen LogP contribution in [0, 0.1) is 0 Å². The highest BCUT2D eigenvalue weighted by molar-refractivity contribution is 7.80. The van der Waals surface area contributed by atoms with Crippen molar-refractivity contribution in [2.24, 2.45) is 5.84 Å². The van der Waals surface area contributed by atoms with Gasteiger partial charge in [0.2, 0.25) is 5.91 Å². The van der Waals surface area contributed by atoms with E-state index < -0.39 is 5.97 Å². The number of nitrogens with zero attached hydrogens (tertiary/aromatic N) is 1. The molecule has 2 rings (SSSR count). The van der Waals surface area contributed by atoms with Crippen LogP contribution >= 0.6 is 12.2 Å². The number of hydrogen-bond acceptors (Lipinski definition) is 7. The molecule has 0 aliphatic carbocycles. The number of carboxylic acid groups (broad SMARTS) is 1. The molecule has 0 radical (unpaired) electrons. The number of nitrogens with one attached hydrogen (secondary N) is 2. The van der Waals surface area contributed by atoms with E-state index in [-0.39, 0.29) is 17.3 Å². The molecule has 1 amide bonds. The molecule has 0 aromatic carbocycles. The summed E-state index contributed by atoms with van der Waals surface area (Å²) >= 11 is 4.66. The van der Waals surface area contributed by atoms with Crippen LogP contribution in [0.3, 0.4) is 0 Å². The number of nitrogen functional groups attached to an aromatic ring is 1. The quantitative estimate of drug-likeness (QED) is 0.357. The lowest BCUT2D eigenvalue weighted by atomic mass is 10.3. The highest BCUT2D eigenvalue weighted by Gasteiger charge is 2.12. The van der Waals surface area contributed by atoms with Crippen LogP contribution in [-0.4, -0.2) is 32.7 Å². The number of carbonyl (C=O) groups is 3. The first-order valence-electron chi connectivity index (χ1n) is 6.22. The highest BCUT2D eigenvalue weighted by atomic mass is 32.1. The Morgan fingerprint density at radius 3 is 2.18 bits per heavy atom. The summed E-state index contributed by atoms with van der Waals surface area (Å²) in [6.07, 6.45) is 2.56. The van der Waals surface area contributed by atoms with Crippen LogP contribution in [0.15, 0.2) is 18.3 Å². The van der Waals surface area contributed by atoms with Crippen molar-refractivity contribution in [3.63, 3.8) is 0 Å². The number of thiocarbonyl (C=S) groups is 1. The maximum Gasteiger partial charge on any atom is 0.337 e. The second-order valence-corrected chi connectivity index (χ2v) is 4.75. The number of aromatic carboxylic acids is 1. The van der Waals surface area contributed by atoms with Crippen molar-refractivity contribution in [1.29, 1.82) is 0 Å². The molecule has 8 nitrogen and oxygen atoms in total. The van der Waals surface area contributed by atoms with Crippen LogP contribution in [0.2, 0.25) is 0 Å². The smallest absolute Gasteiger partial charge is 0.337 e. The molecule has 0 bridgehead atoms. The monoisotopic (exact) mass is 326 g/mol. The first-order chi connectivity index (χ1) is 10.3. The van der Waals surface area contributed by atoms with E-state index in [1.807, 2.05) is 0 Å². The van der Waals surface area contributed by atoms with Crippen molar-refractivity contribution < 1.29 is 19.5 Å². The average Bonchev–Trinajstić information content (AvgIpc) is 2.82. The number of carbonyl (C=O) groups excluding carboxylic acids is 2. The number of nitrogens with two attached hydrogens (primary N) is 1. The van der Waals surface area contributed by atoms with Crippen molar-refractivity contribution in [3.05, 3.63) is 23.9 Å². The van der Waals surface area contributed by atoms with Crippen molar-refractivity contribution in [3.8, 4) is 0 Å². The Kier molecular flexibility index (Phi) is 9.23. The molecule has 9 heteroatoms. The Labute approximate surface area is 133 Å². The SMILES string of the molecule is CC(C)=O.NNc1ccc(C(=O)O)cn1.O=C1CCC(=S)N1. The molecule has 5 N–H and O–H groups in total. The lowest BCUT2D eigenvalue weighted by molar-refractivity contribution is -0.118. The minimum absolute atomic E-state index is 0.0602. The van der Waals surface area contributed by atoms with Crippen LogP contribution in [0.25, 0.3) is 0 Å². The molecule has 1 aliphatic rings. The minimum atomic E-state index is -0.999. The summed E-state index contributed by atoms with van der Waals surface area (Å²) < 4.78 is 0. The Hall–Kier alpha value is -2.39. The standard InChI is InChI=1S/C6H7N3O2.C4H5NOS.C3H6O/c7-9-5-2-1-4(3-8-5)6(10)11;6-3-1-2-4(7)5-3;1-3(2)4/h1-3H,7H2,(H,8,9)(H,10,11);1-2H2,(H,5,6,7);1-2H3. The zero-order chi connectivity index (χ0) is 17.1. The van der Waals surface area contributed by atoms with Gasteiger partial charge < -0.3 is 20.6 Å². The van der Waals surface area contributed by atoms with Crippen LogP contribution in [0.5, 0.6) is 0 Å². The molecule has 120 valence electrons. The maximum absolute atomic E-state index is 10.3. The van der Waals surface area contributed by atoms with Crippen molar-refractivity contribution in [2.45, 2.75) is 26.7 Å². The Balaban J connectivity index is 0.000000343. The first kappa shape index (κ1) is 19.6. The summed E-state index contributed by atoms with van der Waals surface area (Å²) in [5, 5.41) is 11.0. The molecule has 0 atom stereocenters. The Bertz CT molecular complexity index is 527. The molecule has 2 heterocycles. The molecule has 1 aromatic rings. The largest absolute Gasteiger partial charge is 0.478 e. The number of rotatable bonds is 2. The van der Waals surface area contributed by atoms with E-state index >= 15 is 0 Å². The van der Waals surface area contributed by atoms with Gasteiger partial charge in [-0.15, -0.1) is 0 Å². The number of Topliss-reactive ketones (excluding diaryl/α,β-unsaturated/α-hetero) is 1. The lowest BCUT2D eigenvalue weighted by Crippen LogP contribution is -2.17. The molecule has 0 spiro atoms. The highest BCUT2D eigenvalue weighted by Crippen LogP contribution is 2.02. The van der Waals surface area contributed by atoms with Gasteiger partial charge in [0.1, 0.15) is 11.6 Å². The molecule has 1 saturated heterocycles. The van der Waals surface area contributed by atoms with Crippen molar-refractivity contribution >= 4 is 40.7 Å². The van der Waals surface area contributed by atoms with Crippen LogP contribution < -0.4 is 16.6 Å². The van der Waals surface area contributed by atoms with E-state index in [1.165, 1.54) is 32.2 Å². The molecule has 1 aromatic heterocycles. The third-order valence-electron chi connectivity index (χ3n) is 2.02. The molecule has 1 aliphatic heterocycles. The number of amides is 1. The van der Waals surface area contributed by atoms with Crippen molar-refractivity contribution in [1.82, 2.24) is 10.3 Å². The zero-order valence-corrected chi connectivity index (χ0v) is 13.1. The Morgan fingerprint density at radius 2 is 1.95 bits per heavy atom. The van der Waals surface area contributed by atoms with Gasteiger partial charge in [0.25, 0.3) is 0 Å². The molecular weight excluding hydrogens is 308 g/mol. The fourth-order valence-electron chi connectivity index (χ4n) is 1.11. The van der Waals surface area contributed by atoms with E-state index in [9.17, 15) is 14.4 Å². The van der Waals surface area contributed by atoms with Gasteiger partial charge in [0.15, 0.2) is 0 Å². The number of pyridine rings is 1. The van der Waals surface area contributed by atoms with E-state index in [0.717, 1.165) is 6.42 Å². The van der Waals surface area contributed by atoms with Gasteiger partial charge in [0.05, 0.1) is 10.6 Å². The predicted octanol–water partition coefficient (Wildman–Crippen LogP) is 0.884. The lowest BCUT2D eigenvalue weighted by Gasteiger charge is -1.97. The minimum Gasteiger partial charge on any atom is -0.478 e. The topological polar surface area (TPSA) is 134 Å². The first-order valence-corrected chi connectivity index (χ1v) is 6.63. The van der Waals surface area contributed by atoms with Gasteiger partial charge in [-0.05, 0) is 26.0 Å². The molecule has 0 saturated carbocycles. The number of anilines is 1. The molecule has 0 unspecified atom stereocenters. The van der Waals surface area contributed by atoms with Gasteiger partial charge in [-0.1, -0.05) is 12.2 Å². The normalized spacial score (nSPS) is 12.1. The summed E-state index contributed by atoms with van der Waals surface area (Å²) in [4.78, 5) is 34.4. The number of aromatic nitrogens is 1. The second-order valence-electron chi connectivity index (χ2n) is 4.26. The molecular formula is C13H18N4O4S. The fourth-order valence-corrected chi connectivity index (χ4v) is 1.33. The van der Waals surface area contributed by atoms with Gasteiger partial charge >= 0.3 is 5.97 Å². The number of carboxylic acids is 1. The summed E-state index contributed by atoms with van der Waals surface area (Å²) in [6.45, 7) is 3.06. The van der Waals surface area contributed by atoms with Crippen LogP contribution in [-0.2, 0) is 9.59 Å². The number of hydrogen-bond donors (Lipinski definition) is 4. The summed E-state index contributed by atoms with van der Waals surface area (Å²) in [5.74, 6) is 4.68. The summed E-state index contributed by atoms with van der Waals surface area (Å²) in [6, 6.07) is 2.91. The molecule has 1 fully saturated rings. The maximum atomic E-state index is 10.3. The van der Waals surface area contributed by atoms with Gasteiger partial charge in [-0.3, -0.25) is 4.79 Å². The van der Waals surface area contributed by atoms with E-state index in [1.54, 1.807) is 0 Å². The summed E-state index contributed by atoms with van der Waals surface area (Å²) in [7, 11) is 0. The fraction of sp³-hybridized carbons (Fsp3) is 0.308. The number of ketones is 1. The van der Waals surface area contributed by atoms with Crippen LogP contribution in [0.1, 0.15) is 37.0 Å². The van der Waals surface area contributed by atoms with Gasteiger partial charge in [0, 0.05) is 19.0 Å². The average molecular weight is 326 g/mol. The Morgan fingerprint density at radius 1 is 1.36 bits per heavy atom. The summed E-state index contributed by atoms with van der Waals surface area (Å²) in [5.41, 5.74) is 2.43. The predicted molar refractivity (Wildman–Crippen MR) is 85.3 cm³/mol. The van der Waals surface area contributed by atoms with Gasteiger partial charge in [-0.25, -0.2) is 15.6 Å². The zero-order valence-electron chi connectivity index (χ0n) is 12.3. The number of hydrazine groups is 1. The second kappa shape index (κ2) is 10.4. The third kappa shape index (κ3) is 9.50. The van der Waals surface area contributed by atoms with Crippen molar-refractivity contribution in [2.75, 3.05) is 5.43 Å². The van der Waals surface area contributed by atoms with E-state index in [4.69, 9.17) is 10.9 Å². The van der Waals surface area contributed by atoms with Gasteiger partial charge in [-0.2, -0.15) is 0 Å². The van der Waals surface area contributed by atoms with E-state index in [0.29, 0.717) is 17.2 Å². The van der Waals surface area contributed by atoms with E-state index in [2.05, 4.69) is 27.9 Å². The molecule has 22 heavy (non-hydrogen) atoms.